The number of rotatable bonds is 9. The lowest BCUT2D eigenvalue weighted by atomic mass is 10.0. The zero-order valence-corrected chi connectivity index (χ0v) is 30.9. The molecule has 8 heteroatoms. The number of aromatic hydroxyl groups is 1. The van der Waals surface area contributed by atoms with E-state index in [0.717, 1.165) is 72.9 Å². The Labute approximate surface area is 284 Å². The summed E-state index contributed by atoms with van der Waals surface area (Å²) in [7, 11) is 0. The molecule has 0 amide bonds. The minimum atomic E-state index is 0.0185. The number of phenols is 1. The fourth-order valence-electron chi connectivity index (χ4n) is 6.00. The number of nitrogens with one attached hydrogen (secondary N) is 1. The lowest BCUT2D eigenvalue weighted by Gasteiger charge is -2.34. The molecule has 0 radical (unpaired) electrons. The van der Waals surface area contributed by atoms with Crippen LogP contribution in [0, 0.1) is 6.92 Å². The Morgan fingerprint density at radius 2 is 1.81 bits per heavy atom. The molecule has 1 fully saturated rings. The topological polar surface area (TPSA) is 90.8 Å². The molecule has 3 aromatic rings. The number of fused-ring (bicyclic) bond motifs is 2. The summed E-state index contributed by atoms with van der Waals surface area (Å²) < 4.78 is 5.76. The summed E-state index contributed by atoms with van der Waals surface area (Å²) in [4.78, 5) is 24.0. The largest absolute Gasteiger partial charge is 0.508 e. The molecule has 2 aliphatic rings. The molecule has 0 spiro atoms. The minimum Gasteiger partial charge on any atom is -0.508 e. The van der Waals surface area contributed by atoms with Crippen molar-refractivity contribution in [2.24, 2.45) is 0 Å². The van der Waals surface area contributed by atoms with Crippen LogP contribution in [0.4, 0.5) is 11.5 Å². The van der Waals surface area contributed by atoms with E-state index >= 15 is 0 Å². The smallest absolute Gasteiger partial charge is 0.318 e. The van der Waals surface area contributed by atoms with Crippen molar-refractivity contribution in [3.63, 3.8) is 0 Å². The van der Waals surface area contributed by atoms with E-state index in [2.05, 4.69) is 81.4 Å². The van der Waals surface area contributed by atoms with E-state index in [-0.39, 0.29) is 11.5 Å². The summed E-state index contributed by atoms with van der Waals surface area (Å²) in [6.45, 7) is 27.9. The van der Waals surface area contributed by atoms with Crippen LogP contribution < -0.4 is 19.9 Å². The van der Waals surface area contributed by atoms with Gasteiger partial charge in [0, 0.05) is 53.9 Å². The molecule has 0 bridgehead atoms. The Morgan fingerprint density at radius 3 is 2.32 bits per heavy atom. The molecule has 0 aliphatic carbocycles. The average Bonchev–Trinajstić information content (AvgIpc) is 3.37. The van der Waals surface area contributed by atoms with Crippen molar-refractivity contribution in [3.8, 4) is 11.8 Å². The molecular weight excluding hydrogens is 586 g/mol. The summed E-state index contributed by atoms with van der Waals surface area (Å²) in [5.41, 5.74) is 4.92. The maximum absolute atomic E-state index is 10.4. The number of allylic oxidation sites excluding steroid dienone is 1. The quantitative estimate of drug-likeness (QED) is 0.223. The van der Waals surface area contributed by atoms with Crippen LogP contribution in [0.5, 0.6) is 11.8 Å². The van der Waals surface area contributed by atoms with Gasteiger partial charge in [-0.2, -0.15) is 9.97 Å². The van der Waals surface area contributed by atoms with Gasteiger partial charge >= 0.3 is 6.01 Å². The first-order chi connectivity index (χ1) is 22.4. The highest BCUT2D eigenvalue weighted by Crippen LogP contribution is 2.36. The number of aromatic nitrogens is 2. The number of phenolic OH excluding ortho intramolecular Hbond substituents is 1. The van der Waals surface area contributed by atoms with E-state index in [0.29, 0.717) is 24.7 Å². The van der Waals surface area contributed by atoms with Crippen LogP contribution in [-0.2, 0) is 17.8 Å². The second-order valence-electron chi connectivity index (χ2n) is 12.8. The summed E-state index contributed by atoms with van der Waals surface area (Å²) in [6.07, 6.45) is 6.96. The van der Waals surface area contributed by atoms with E-state index < -0.39 is 0 Å². The fraction of sp³-hybridized carbons (Fsp3) is 0.564. The predicted molar refractivity (Wildman–Crippen MR) is 199 cm³/mol. The Bertz CT molecular complexity index is 1430. The second kappa shape index (κ2) is 19.2. The van der Waals surface area contributed by atoms with Crippen molar-refractivity contribution < 1.29 is 14.6 Å². The van der Waals surface area contributed by atoms with Crippen LogP contribution in [0.25, 0.3) is 10.8 Å². The first kappa shape index (κ1) is 39.5. The highest BCUT2D eigenvalue weighted by molar-refractivity contribution is 5.96. The van der Waals surface area contributed by atoms with Crippen LogP contribution in [0.3, 0.4) is 0 Å². The third-order valence-corrected chi connectivity index (χ3v) is 8.12. The molecule has 1 aromatic heterocycles. The van der Waals surface area contributed by atoms with Gasteiger partial charge in [0.25, 0.3) is 0 Å². The Morgan fingerprint density at radius 1 is 1.15 bits per heavy atom. The van der Waals surface area contributed by atoms with Gasteiger partial charge in [0.2, 0.25) is 0 Å². The van der Waals surface area contributed by atoms with Gasteiger partial charge in [0.05, 0.1) is 18.8 Å². The monoisotopic (exact) mass is 647 g/mol. The van der Waals surface area contributed by atoms with Crippen molar-refractivity contribution in [1.82, 2.24) is 15.3 Å². The number of nitrogens with zero attached hydrogens (tertiary/aromatic N) is 4. The SMILES string of the molecule is C=CC(C)=O.CC.CC1CCC(C)(C)N1.CCCN(CCC)c1nc(OCC)nc2c1CCN(c1cc(O)cc3ccc(C)cc13)C2. The van der Waals surface area contributed by atoms with Gasteiger partial charge in [-0.1, -0.05) is 52.0 Å². The summed E-state index contributed by atoms with van der Waals surface area (Å²) >= 11 is 0. The second-order valence-corrected chi connectivity index (χ2v) is 12.8. The van der Waals surface area contributed by atoms with Crippen molar-refractivity contribution in [3.05, 3.63) is 59.8 Å². The molecule has 47 heavy (non-hydrogen) atoms. The zero-order chi connectivity index (χ0) is 35.1. The maximum Gasteiger partial charge on any atom is 0.318 e. The van der Waals surface area contributed by atoms with Crippen LogP contribution >= 0.6 is 0 Å². The van der Waals surface area contributed by atoms with Gasteiger partial charge in [-0.3, -0.25) is 4.79 Å². The number of ketones is 1. The summed E-state index contributed by atoms with van der Waals surface area (Å²) in [5.74, 6) is 1.33. The number of hydrogen-bond donors (Lipinski definition) is 2. The third kappa shape index (κ3) is 11.8. The standard InChI is InChI=1S/C26H34N4O2.C7H15N.C4H6O.C2H6/c1-5-11-29(12-6-2)25-21-10-13-30(17-23(21)27-26(28-25)32-7-3)24-16-20(31)15-19-9-8-18(4)14-22(19)24;1-6-4-5-7(2,3)8-6;1-3-4(2)5;1-2/h8-9,14-16,31H,5-7,10-13,17H2,1-4H3;6,8H,4-5H2,1-3H3;3H,1H2,2H3;1-2H3. The predicted octanol–water partition coefficient (Wildman–Crippen LogP) is 8.56. The fourth-order valence-corrected chi connectivity index (χ4v) is 6.00. The number of hydrogen-bond acceptors (Lipinski definition) is 8. The third-order valence-electron chi connectivity index (χ3n) is 8.12. The molecule has 1 atom stereocenters. The Balaban J connectivity index is 0.000000425. The van der Waals surface area contributed by atoms with Gasteiger partial charge < -0.3 is 25.0 Å². The molecular formula is C39H61N5O3. The molecule has 2 aliphatic heterocycles. The molecule has 1 saturated heterocycles. The number of benzene rings is 2. The number of carbonyl (C=O) groups excluding carboxylic acids is 1. The zero-order valence-electron chi connectivity index (χ0n) is 30.9. The summed E-state index contributed by atoms with van der Waals surface area (Å²) in [6, 6.07) is 11.3. The lowest BCUT2D eigenvalue weighted by Crippen LogP contribution is -2.35. The van der Waals surface area contributed by atoms with Crippen LogP contribution in [0.15, 0.2) is 43.0 Å². The van der Waals surface area contributed by atoms with Gasteiger partial charge in [-0.05, 0) is 97.2 Å². The molecule has 2 aromatic carbocycles. The molecule has 8 nitrogen and oxygen atoms in total. The van der Waals surface area contributed by atoms with Crippen molar-refractivity contribution >= 4 is 28.1 Å². The number of aryl methyl sites for hydroxylation is 1. The summed E-state index contributed by atoms with van der Waals surface area (Å²) in [5, 5.41) is 16.1. The highest BCUT2D eigenvalue weighted by atomic mass is 16.5. The normalized spacial score (nSPS) is 16.0. The minimum absolute atomic E-state index is 0.0185. The molecule has 0 saturated carbocycles. The van der Waals surface area contributed by atoms with Crippen molar-refractivity contribution in [2.45, 2.75) is 119 Å². The van der Waals surface area contributed by atoms with Gasteiger partial charge in [-0.15, -0.1) is 0 Å². The molecule has 3 heterocycles. The van der Waals surface area contributed by atoms with Gasteiger partial charge in [-0.25, -0.2) is 0 Å². The van der Waals surface area contributed by atoms with Crippen LogP contribution in [0.1, 0.15) is 105 Å². The first-order valence-electron chi connectivity index (χ1n) is 17.6. The lowest BCUT2D eigenvalue weighted by molar-refractivity contribution is -0.112. The number of ether oxygens (including phenoxy) is 1. The highest BCUT2D eigenvalue weighted by Gasteiger charge is 2.27. The van der Waals surface area contributed by atoms with Crippen LogP contribution in [-0.4, -0.2) is 58.7 Å². The van der Waals surface area contributed by atoms with Crippen molar-refractivity contribution in [1.29, 1.82) is 0 Å². The van der Waals surface area contributed by atoms with E-state index in [1.54, 1.807) is 0 Å². The molecule has 2 N–H and O–H groups in total. The number of carbonyl (C=O) groups is 1. The van der Waals surface area contributed by atoms with Crippen LogP contribution in [0.2, 0.25) is 0 Å². The van der Waals surface area contributed by atoms with Gasteiger partial charge in [0.1, 0.15) is 11.6 Å². The maximum atomic E-state index is 10.4. The molecule has 1 unspecified atom stereocenters. The van der Waals surface area contributed by atoms with E-state index in [9.17, 15) is 9.90 Å². The number of anilines is 2. The Kier molecular flexibility index (Phi) is 16.2. The molecule has 260 valence electrons. The van der Waals surface area contributed by atoms with Gasteiger partial charge in [0.15, 0.2) is 5.78 Å². The van der Waals surface area contributed by atoms with E-state index in [1.807, 2.05) is 32.9 Å². The van der Waals surface area contributed by atoms with Crippen molar-refractivity contribution in [2.75, 3.05) is 36.0 Å². The van der Waals surface area contributed by atoms with E-state index in [4.69, 9.17) is 14.7 Å². The molecule has 5 rings (SSSR count). The first-order valence-corrected chi connectivity index (χ1v) is 17.6. The van der Waals surface area contributed by atoms with E-state index in [1.165, 1.54) is 37.0 Å². The average molecular weight is 648 g/mol. The Hall–Kier alpha value is -3.65.